The highest BCUT2D eigenvalue weighted by Crippen LogP contribution is 2.35. The zero-order valence-corrected chi connectivity index (χ0v) is 21.7. The second-order valence-corrected chi connectivity index (χ2v) is 12.3. The van der Waals surface area contributed by atoms with E-state index in [0.29, 0.717) is 23.7 Å². The van der Waals surface area contributed by atoms with Crippen LogP contribution >= 0.6 is 0 Å². The second-order valence-electron chi connectivity index (χ2n) is 10.3. The SMILES string of the molecule is Cc1c(-c2nccc3cnc(Nc4ccc5c(c4)CCS5(=O)=O)cc23)ccc2c1cnn2CC(C)(C)O. The summed E-state index contributed by atoms with van der Waals surface area (Å²) in [5.41, 5.74) is 4.63. The van der Waals surface area contributed by atoms with Crippen LogP contribution in [-0.2, 0) is 22.8 Å². The van der Waals surface area contributed by atoms with Crippen molar-refractivity contribution in [2.24, 2.45) is 0 Å². The van der Waals surface area contributed by atoms with Crippen LogP contribution in [0.1, 0.15) is 25.0 Å². The number of benzene rings is 2. The molecule has 0 spiro atoms. The van der Waals surface area contributed by atoms with E-state index in [4.69, 9.17) is 4.98 Å². The molecule has 0 fully saturated rings. The van der Waals surface area contributed by atoms with Gasteiger partial charge in [-0.15, -0.1) is 0 Å². The summed E-state index contributed by atoms with van der Waals surface area (Å²) < 4.78 is 26.1. The van der Waals surface area contributed by atoms with Crippen LogP contribution in [0.25, 0.3) is 32.9 Å². The first kappa shape index (κ1) is 23.6. The van der Waals surface area contributed by atoms with E-state index in [2.05, 4.69) is 28.4 Å². The van der Waals surface area contributed by atoms with Crippen molar-refractivity contribution >= 4 is 43.0 Å². The lowest BCUT2D eigenvalue weighted by molar-refractivity contribution is 0.0591. The maximum Gasteiger partial charge on any atom is 0.178 e. The number of nitrogens with zero attached hydrogens (tertiary/aromatic N) is 4. The second kappa shape index (κ2) is 8.36. The summed E-state index contributed by atoms with van der Waals surface area (Å²) in [6.45, 7) is 6.00. The lowest BCUT2D eigenvalue weighted by Gasteiger charge is -2.18. The number of hydrogen-bond acceptors (Lipinski definition) is 7. The van der Waals surface area contributed by atoms with Crippen LogP contribution in [0.2, 0.25) is 0 Å². The molecule has 3 aromatic heterocycles. The Morgan fingerprint density at radius 3 is 2.70 bits per heavy atom. The number of hydrogen-bond donors (Lipinski definition) is 2. The highest BCUT2D eigenvalue weighted by molar-refractivity contribution is 7.91. The first-order valence-corrected chi connectivity index (χ1v) is 13.8. The molecule has 8 nitrogen and oxygen atoms in total. The van der Waals surface area contributed by atoms with Gasteiger partial charge in [0.05, 0.1) is 40.2 Å². The van der Waals surface area contributed by atoms with Crippen molar-refractivity contribution in [3.05, 3.63) is 72.2 Å². The lowest BCUT2D eigenvalue weighted by atomic mass is 9.98. The number of sulfone groups is 1. The number of aromatic nitrogens is 4. The fourth-order valence-corrected chi connectivity index (χ4v) is 6.59. The Bertz CT molecular complexity index is 1800. The molecule has 0 atom stereocenters. The monoisotopic (exact) mass is 513 g/mol. The van der Waals surface area contributed by atoms with E-state index in [1.54, 1.807) is 32.2 Å². The minimum atomic E-state index is -3.16. The van der Waals surface area contributed by atoms with Gasteiger partial charge >= 0.3 is 0 Å². The Morgan fingerprint density at radius 1 is 1.05 bits per heavy atom. The van der Waals surface area contributed by atoms with Gasteiger partial charge < -0.3 is 10.4 Å². The topological polar surface area (TPSA) is 110 Å². The third kappa shape index (κ3) is 4.24. The van der Waals surface area contributed by atoms with E-state index >= 15 is 0 Å². The molecule has 37 heavy (non-hydrogen) atoms. The predicted molar refractivity (Wildman–Crippen MR) is 145 cm³/mol. The smallest absolute Gasteiger partial charge is 0.178 e. The summed E-state index contributed by atoms with van der Waals surface area (Å²) in [5, 5.41) is 21.0. The van der Waals surface area contributed by atoms with Crippen LogP contribution < -0.4 is 5.32 Å². The molecule has 5 aromatic rings. The Labute approximate surface area is 214 Å². The van der Waals surface area contributed by atoms with Crippen LogP contribution in [0, 0.1) is 6.92 Å². The molecular formula is C28H27N5O3S. The Balaban J connectivity index is 1.39. The van der Waals surface area contributed by atoms with E-state index in [1.807, 2.05) is 41.3 Å². The Hall–Kier alpha value is -3.82. The molecule has 0 unspecified atom stereocenters. The number of nitrogens with one attached hydrogen (secondary N) is 1. The van der Waals surface area contributed by atoms with Crippen molar-refractivity contribution in [3.8, 4) is 11.3 Å². The van der Waals surface area contributed by atoms with Crippen LogP contribution in [0.5, 0.6) is 0 Å². The van der Waals surface area contributed by atoms with Gasteiger partial charge in [0, 0.05) is 39.8 Å². The Morgan fingerprint density at radius 2 is 1.89 bits per heavy atom. The molecular weight excluding hydrogens is 486 g/mol. The van der Waals surface area contributed by atoms with Crippen molar-refractivity contribution in [1.29, 1.82) is 0 Å². The average Bonchev–Trinajstić information content (AvgIpc) is 3.38. The molecule has 2 N–H and O–H groups in total. The molecule has 0 radical (unpaired) electrons. The molecule has 188 valence electrons. The third-order valence-electron chi connectivity index (χ3n) is 6.84. The van der Waals surface area contributed by atoms with E-state index in [9.17, 15) is 13.5 Å². The van der Waals surface area contributed by atoms with Gasteiger partial charge in [-0.2, -0.15) is 5.10 Å². The first-order valence-electron chi connectivity index (χ1n) is 12.1. The third-order valence-corrected chi connectivity index (χ3v) is 8.65. The van der Waals surface area contributed by atoms with Gasteiger partial charge in [0.15, 0.2) is 9.84 Å². The lowest BCUT2D eigenvalue weighted by Crippen LogP contribution is -2.26. The number of pyridine rings is 2. The van der Waals surface area contributed by atoms with Gasteiger partial charge in [-0.05, 0) is 74.7 Å². The summed E-state index contributed by atoms with van der Waals surface area (Å²) >= 11 is 0. The van der Waals surface area contributed by atoms with Gasteiger partial charge in [-0.3, -0.25) is 9.67 Å². The van der Waals surface area contributed by atoms with Crippen LogP contribution in [0.4, 0.5) is 11.5 Å². The summed E-state index contributed by atoms with van der Waals surface area (Å²) in [6.07, 6.45) is 5.97. The quantitative estimate of drug-likeness (QED) is 0.347. The summed E-state index contributed by atoms with van der Waals surface area (Å²) in [5.74, 6) is 0.814. The Kier molecular flexibility index (Phi) is 5.32. The average molecular weight is 514 g/mol. The minimum absolute atomic E-state index is 0.162. The van der Waals surface area contributed by atoms with Crippen LogP contribution in [0.3, 0.4) is 0 Å². The molecule has 4 heterocycles. The highest BCUT2D eigenvalue weighted by atomic mass is 32.2. The van der Waals surface area contributed by atoms with E-state index in [1.165, 1.54) is 0 Å². The zero-order valence-electron chi connectivity index (χ0n) is 20.9. The fourth-order valence-electron chi connectivity index (χ4n) is 5.05. The molecule has 0 bridgehead atoms. The highest BCUT2D eigenvalue weighted by Gasteiger charge is 2.26. The van der Waals surface area contributed by atoms with Gasteiger partial charge in [-0.25, -0.2) is 13.4 Å². The molecule has 0 aliphatic carbocycles. The molecule has 1 aliphatic heterocycles. The van der Waals surface area contributed by atoms with E-state index in [0.717, 1.165) is 49.7 Å². The first-order chi connectivity index (χ1) is 17.6. The van der Waals surface area contributed by atoms with Gasteiger partial charge in [0.2, 0.25) is 0 Å². The maximum atomic E-state index is 12.2. The molecule has 1 aliphatic rings. The van der Waals surface area contributed by atoms with Crippen molar-refractivity contribution in [2.75, 3.05) is 11.1 Å². The van der Waals surface area contributed by atoms with Gasteiger partial charge in [0.25, 0.3) is 0 Å². The van der Waals surface area contributed by atoms with Crippen molar-refractivity contribution in [1.82, 2.24) is 19.7 Å². The fraction of sp³-hybridized carbons (Fsp3) is 0.250. The van der Waals surface area contributed by atoms with Gasteiger partial charge in [0.1, 0.15) is 5.82 Å². The van der Waals surface area contributed by atoms with E-state index in [-0.39, 0.29) is 5.75 Å². The standard InChI is InChI=1S/C28H27N5O3S/c1-17-21(5-6-24-23(17)15-31-33(24)16-28(2,3)34)27-22-13-26(30-14-19(22)8-10-29-27)32-20-4-7-25-18(12-20)9-11-37(25,35)36/h4-8,10,12-15,34H,9,11,16H2,1-3H3,(H,30,32). The van der Waals surface area contributed by atoms with Crippen LogP contribution in [-0.4, -0.2) is 44.6 Å². The molecule has 0 saturated heterocycles. The van der Waals surface area contributed by atoms with Gasteiger partial charge in [-0.1, -0.05) is 6.07 Å². The molecule has 9 heteroatoms. The summed E-state index contributed by atoms with van der Waals surface area (Å²) in [6, 6.07) is 13.3. The largest absolute Gasteiger partial charge is 0.389 e. The van der Waals surface area contributed by atoms with Crippen molar-refractivity contribution in [3.63, 3.8) is 0 Å². The zero-order chi connectivity index (χ0) is 25.9. The normalized spacial score (nSPS) is 14.8. The summed E-state index contributed by atoms with van der Waals surface area (Å²) in [4.78, 5) is 9.73. The predicted octanol–water partition coefficient (Wildman–Crippen LogP) is 4.80. The molecule has 0 saturated carbocycles. The van der Waals surface area contributed by atoms with E-state index < -0.39 is 15.4 Å². The number of aliphatic hydroxyl groups is 1. The number of anilines is 2. The maximum absolute atomic E-state index is 12.2. The number of fused-ring (bicyclic) bond motifs is 3. The molecule has 6 rings (SSSR count). The number of aryl methyl sites for hydroxylation is 2. The summed E-state index contributed by atoms with van der Waals surface area (Å²) in [7, 11) is -3.16. The van der Waals surface area contributed by atoms with Crippen LogP contribution in [0.15, 0.2) is 66.0 Å². The van der Waals surface area contributed by atoms with Crippen molar-refractivity contribution in [2.45, 2.75) is 44.2 Å². The van der Waals surface area contributed by atoms with Crippen molar-refractivity contribution < 1.29 is 13.5 Å². The molecule has 2 aromatic carbocycles. The minimum Gasteiger partial charge on any atom is -0.389 e. The number of rotatable bonds is 5. The molecule has 0 amide bonds.